The summed E-state index contributed by atoms with van der Waals surface area (Å²) >= 11 is 0. The fourth-order valence-corrected chi connectivity index (χ4v) is 2.19. The molecule has 0 atom stereocenters. The first-order valence-corrected chi connectivity index (χ1v) is 7.16. The molecule has 0 saturated heterocycles. The average molecular weight is 346 g/mol. The highest BCUT2D eigenvalue weighted by Crippen LogP contribution is 2.11. The highest BCUT2D eigenvalue weighted by molar-refractivity contribution is 6.04. The third-order valence-electron chi connectivity index (χ3n) is 3.27. The summed E-state index contributed by atoms with van der Waals surface area (Å²) in [6.07, 6.45) is 1.46. The number of carbonyl (C=O) groups excluding carboxylic acids is 1. The van der Waals surface area contributed by atoms with Gasteiger partial charge in [-0.25, -0.2) is 19.3 Å². The minimum atomic E-state index is -2.51. The number of fused-ring (bicyclic) bond motifs is 1. The molecule has 3 aromatic rings. The van der Waals surface area contributed by atoms with Crippen molar-refractivity contribution < 1.29 is 13.6 Å². The van der Waals surface area contributed by atoms with Crippen molar-refractivity contribution in [1.29, 1.82) is 0 Å². The van der Waals surface area contributed by atoms with Crippen LogP contribution in [0.2, 0.25) is 0 Å². The van der Waals surface area contributed by atoms with Gasteiger partial charge >= 0.3 is 0 Å². The molecular formula is C15H12F2N6O2. The molecule has 8 nitrogen and oxygen atoms in total. The molecule has 2 N–H and O–H groups in total. The van der Waals surface area contributed by atoms with Gasteiger partial charge in [-0.05, 0) is 6.07 Å². The fourth-order valence-electron chi connectivity index (χ4n) is 2.19. The number of amides is 1. The normalized spacial score (nSPS) is 11.5. The summed E-state index contributed by atoms with van der Waals surface area (Å²) in [5.41, 5.74) is 2.33. The van der Waals surface area contributed by atoms with Gasteiger partial charge in [-0.1, -0.05) is 18.2 Å². The monoisotopic (exact) mass is 346 g/mol. The number of rotatable bonds is 5. The number of halogens is 2. The summed E-state index contributed by atoms with van der Waals surface area (Å²) in [5.74, 6) is -0.622. The Hall–Kier alpha value is -3.43. The maximum atomic E-state index is 12.2. The van der Waals surface area contributed by atoms with Crippen LogP contribution in [0.1, 0.15) is 16.1 Å². The van der Waals surface area contributed by atoms with E-state index >= 15 is 0 Å². The van der Waals surface area contributed by atoms with Crippen molar-refractivity contribution in [2.45, 2.75) is 13.0 Å². The zero-order valence-electron chi connectivity index (χ0n) is 12.7. The molecule has 25 heavy (non-hydrogen) atoms. The molecule has 0 aliphatic carbocycles. The molecule has 1 aromatic carbocycles. The second kappa shape index (κ2) is 6.99. The first kappa shape index (κ1) is 16.4. The molecule has 0 bridgehead atoms. The molecule has 128 valence electrons. The van der Waals surface area contributed by atoms with E-state index in [-0.39, 0.29) is 5.69 Å². The molecule has 3 rings (SSSR count). The molecule has 1 amide bonds. The Morgan fingerprint density at radius 2 is 2.12 bits per heavy atom. The van der Waals surface area contributed by atoms with E-state index in [9.17, 15) is 18.4 Å². The van der Waals surface area contributed by atoms with Crippen LogP contribution in [0.3, 0.4) is 0 Å². The van der Waals surface area contributed by atoms with E-state index in [4.69, 9.17) is 0 Å². The van der Waals surface area contributed by atoms with Gasteiger partial charge in [0.15, 0.2) is 5.69 Å². The lowest BCUT2D eigenvalue weighted by atomic mass is 10.1. The van der Waals surface area contributed by atoms with Crippen molar-refractivity contribution >= 4 is 22.9 Å². The maximum absolute atomic E-state index is 12.2. The molecule has 0 fully saturated rings. The maximum Gasteiger partial charge on any atom is 0.292 e. The SMILES string of the molecule is O=C(N/N=C/c1cnn(CC(F)F)c1)c1n[nH]c(=O)c2ccccc12. The van der Waals surface area contributed by atoms with Gasteiger partial charge in [0, 0.05) is 17.1 Å². The van der Waals surface area contributed by atoms with Crippen molar-refractivity contribution in [2.75, 3.05) is 0 Å². The Morgan fingerprint density at radius 1 is 1.36 bits per heavy atom. The Bertz CT molecular complexity index is 995. The van der Waals surface area contributed by atoms with E-state index in [2.05, 4.69) is 25.8 Å². The highest BCUT2D eigenvalue weighted by Gasteiger charge is 2.13. The van der Waals surface area contributed by atoms with E-state index in [1.54, 1.807) is 24.3 Å². The highest BCUT2D eigenvalue weighted by atomic mass is 19.3. The summed E-state index contributed by atoms with van der Waals surface area (Å²) < 4.78 is 25.6. The molecule has 0 saturated carbocycles. The predicted molar refractivity (Wildman–Crippen MR) is 85.7 cm³/mol. The summed E-state index contributed by atoms with van der Waals surface area (Å²) in [5, 5.41) is 14.2. The van der Waals surface area contributed by atoms with Crippen LogP contribution >= 0.6 is 0 Å². The number of nitrogens with zero attached hydrogens (tertiary/aromatic N) is 4. The van der Waals surface area contributed by atoms with Crippen LogP contribution < -0.4 is 11.0 Å². The standard InChI is InChI=1S/C15H12F2N6O2/c16-12(17)8-23-7-9(6-19-23)5-18-21-15(25)13-10-3-1-2-4-11(10)14(24)22-20-13/h1-7,12H,8H2,(H,21,25)(H,22,24)/b18-5+. The molecule has 0 unspecified atom stereocenters. The third-order valence-corrected chi connectivity index (χ3v) is 3.27. The van der Waals surface area contributed by atoms with Crippen LogP contribution in [0.25, 0.3) is 10.8 Å². The second-order valence-electron chi connectivity index (χ2n) is 5.03. The van der Waals surface area contributed by atoms with Gasteiger partial charge in [0.2, 0.25) is 0 Å². The van der Waals surface area contributed by atoms with Gasteiger partial charge in [-0.15, -0.1) is 0 Å². The van der Waals surface area contributed by atoms with Crippen molar-refractivity contribution in [3.05, 3.63) is 58.3 Å². The van der Waals surface area contributed by atoms with Gasteiger partial charge in [-0.2, -0.15) is 15.3 Å². The molecule has 2 heterocycles. The van der Waals surface area contributed by atoms with E-state index in [1.165, 1.54) is 18.6 Å². The number of benzene rings is 1. The Balaban J connectivity index is 1.74. The number of aromatic nitrogens is 4. The third kappa shape index (κ3) is 3.74. The number of carbonyl (C=O) groups is 1. The quantitative estimate of drug-likeness (QED) is 0.534. The molecule has 2 aromatic heterocycles. The number of hydrogen-bond donors (Lipinski definition) is 2. The minimum absolute atomic E-state index is 0.0146. The van der Waals surface area contributed by atoms with E-state index in [0.717, 1.165) is 4.68 Å². The number of aromatic amines is 1. The number of hydrazone groups is 1. The van der Waals surface area contributed by atoms with Gasteiger partial charge in [0.25, 0.3) is 17.9 Å². The summed E-state index contributed by atoms with van der Waals surface area (Å²) in [7, 11) is 0. The zero-order valence-corrected chi connectivity index (χ0v) is 12.7. The van der Waals surface area contributed by atoms with Crippen molar-refractivity contribution in [3.8, 4) is 0 Å². The molecule has 0 aliphatic rings. The van der Waals surface area contributed by atoms with Crippen molar-refractivity contribution in [3.63, 3.8) is 0 Å². The van der Waals surface area contributed by atoms with E-state index in [0.29, 0.717) is 16.3 Å². The second-order valence-corrected chi connectivity index (χ2v) is 5.03. The number of H-pyrrole nitrogens is 1. The summed E-state index contributed by atoms with van der Waals surface area (Å²) in [6, 6.07) is 6.53. The predicted octanol–water partition coefficient (Wildman–Crippen LogP) is 1.15. The van der Waals surface area contributed by atoms with Crippen LogP contribution in [-0.2, 0) is 6.54 Å². The van der Waals surface area contributed by atoms with Gasteiger partial charge in [0.05, 0.1) is 17.8 Å². The van der Waals surface area contributed by atoms with Crippen molar-refractivity contribution in [2.24, 2.45) is 5.10 Å². The fraction of sp³-hybridized carbons (Fsp3) is 0.133. The molecular weight excluding hydrogens is 334 g/mol. The number of hydrogen-bond acceptors (Lipinski definition) is 5. The topological polar surface area (TPSA) is 105 Å². The van der Waals surface area contributed by atoms with Gasteiger partial charge < -0.3 is 0 Å². The lowest BCUT2D eigenvalue weighted by Gasteiger charge is -2.02. The molecule has 0 radical (unpaired) electrons. The van der Waals surface area contributed by atoms with Crippen LogP contribution in [0.4, 0.5) is 8.78 Å². The van der Waals surface area contributed by atoms with Crippen LogP contribution in [-0.4, -0.2) is 38.5 Å². The molecule has 10 heteroatoms. The first-order chi connectivity index (χ1) is 12.0. The number of alkyl halides is 2. The Kier molecular flexibility index (Phi) is 4.59. The van der Waals surface area contributed by atoms with Crippen molar-refractivity contribution in [1.82, 2.24) is 25.4 Å². The summed E-state index contributed by atoms with van der Waals surface area (Å²) in [4.78, 5) is 23.9. The largest absolute Gasteiger partial charge is 0.292 e. The van der Waals surface area contributed by atoms with Crippen LogP contribution in [0.5, 0.6) is 0 Å². The molecule has 0 aliphatic heterocycles. The minimum Gasteiger partial charge on any atom is -0.267 e. The first-order valence-electron chi connectivity index (χ1n) is 7.16. The van der Waals surface area contributed by atoms with Crippen LogP contribution in [0.15, 0.2) is 46.6 Å². The van der Waals surface area contributed by atoms with Gasteiger partial charge in [0.1, 0.15) is 6.54 Å². The Morgan fingerprint density at radius 3 is 2.88 bits per heavy atom. The lowest BCUT2D eigenvalue weighted by Crippen LogP contribution is -2.22. The van der Waals surface area contributed by atoms with E-state index in [1.807, 2.05) is 0 Å². The lowest BCUT2D eigenvalue weighted by molar-refractivity contribution is 0.0951. The van der Waals surface area contributed by atoms with E-state index < -0.39 is 24.4 Å². The van der Waals surface area contributed by atoms with Gasteiger partial charge in [-0.3, -0.25) is 14.3 Å². The summed E-state index contributed by atoms with van der Waals surface area (Å²) in [6.45, 7) is -0.520. The van der Waals surface area contributed by atoms with Crippen LogP contribution in [0, 0.1) is 0 Å². The smallest absolute Gasteiger partial charge is 0.267 e. The number of nitrogens with one attached hydrogen (secondary N) is 2. The molecule has 0 spiro atoms. The Labute approximate surface area is 139 Å². The zero-order chi connectivity index (χ0) is 17.8. The average Bonchev–Trinajstić information content (AvgIpc) is 3.02.